The van der Waals surface area contributed by atoms with Crippen molar-refractivity contribution in [2.75, 3.05) is 50.5 Å². The molecule has 4 aromatic rings. The molecule has 2 aromatic carbocycles. The summed E-state index contributed by atoms with van der Waals surface area (Å²) in [5.74, 6) is 0.643. The lowest BCUT2D eigenvalue weighted by Crippen LogP contribution is -2.53. The van der Waals surface area contributed by atoms with E-state index in [2.05, 4.69) is 25.5 Å². The number of rotatable bonds is 8. The van der Waals surface area contributed by atoms with Gasteiger partial charge in [-0.2, -0.15) is 0 Å². The number of benzene rings is 2. The Labute approximate surface area is 208 Å². The number of aromatic amines is 2. The van der Waals surface area contributed by atoms with Gasteiger partial charge in [-0.25, -0.2) is 9.37 Å². The highest BCUT2D eigenvalue weighted by atomic mass is 19.1. The normalized spacial score (nSPS) is 21.3. The molecule has 3 saturated heterocycles. The van der Waals surface area contributed by atoms with Crippen molar-refractivity contribution in [1.82, 2.24) is 19.9 Å². The number of para-hydroxylation sites is 2. The number of aromatic nitrogens is 3. The van der Waals surface area contributed by atoms with Gasteiger partial charge in [-0.3, -0.25) is 4.79 Å². The lowest BCUT2D eigenvalue weighted by molar-refractivity contribution is 0.0976. The van der Waals surface area contributed by atoms with Crippen LogP contribution in [0, 0.1) is 11.7 Å². The Kier molecular flexibility index (Phi) is 6.10. The van der Waals surface area contributed by atoms with Crippen LogP contribution in [-0.2, 0) is 4.74 Å². The monoisotopic (exact) mass is 490 g/mol. The number of nitrogens with one attached hydrogen (secondary N) is 4. The van der Waals surface area contributed by atoms with E-state index in [-0.39, 0.29) is 17.4 Å². The summed E-state index contributed by atoms with van der Waals surface area (Å²) in [6.45, 7) is 4.31. The molecule has 4 N–H and O–H groups in total. The minimum absolute atomic E-state index is 0.190. The highest BCUT2D eigenvalue weighted by Gasteiger charge is 2.35. The maximum absolute atomic E-state index is 15.3. The summed E-state index contributed by atoms with van der Waals surface area (Å²) in [5, 5.41) is 7.45. The van der Waals surface area contributed by atoms with Crippen LogP contribution in [0.1, 0.15) is 19.3 Å². The molecule has 1 atom stereocenters. The van der Waals surface area contributed by atoms with Crippen molar-refractivity contribution in [2.24, 2.45) is 5.92 Å². The van der Waals surface area contributed by atoms with Crippen LogP contribution in [0.15, 0.2) is 41.2 Å². The lowest BCUT2D eigenvalue weighted by Gasteiger charge is -2.45. The van der Waals surface area contributed by atoms with E-state index < -0.39 is 0 Å². The quantitative estimate of drug-likeness (QED) is 0.277. The van der Waals surface area contributed by atoms with E-state index in [0.717, 1.165) is 49.9 Å². The standard InChI is InChI=1S/C27H31FN6O2/c1-36-12-4-9-29-22-14-21-17(13-18(22)28)25(30-23-15-34-10-7-16(23)8-11-34)24(27(35)33-21)26-31-19-5-2-3-6-20(19)32-26/h2-3,5-6,13-14,16,23,29H,4,7-12,15H2,1H3,(H,31,32)(H2,30,33,35)/t23-/m1/s1. The fourth-order valence-corrected chi connectivity index (χ4v) is 5.65. The van der Waals surface area contributed by atoms with Gasteiger partial charge >= 0.3 is 0 Å². The van der Waals surface area contributed by atoms with E-state index in [0.29, 0.717) is 52.7 Å². The summed E-state index contributed by atoms with van der Waals surface area (Å²) in [5.41, 5.74) is 3.36. The SMILES string of the molecule is COCCCNc1cc2[nH]c(=O)c(-c3nc4ccccc4[nH]3)c(N[C@@H]3CN4CCC3CC4)c2cc1F. The minimum Gasteiger partial charge on any atom is -0.385 e. The Bertz CT molecular complexity index is 1420. The number of hydrogen-bond acceptors (Lipinski definition) is 6. The molecule has 9 heteroatoms. The van der Waals surface area contributed by atoms with Gasteiger partial charge in [-0.05, 0) is 62.5 Å². The minimum atomic E-state index is -0.362. The molecule has 8 nitrogen and oxygen atoms in total. The summed E-state index contributed by atoms with van der Waals surface area (Å²) in [6.07, 6.45) is 3.01. The van der Waals surface area contributed by atoms with Crippen LogP contribution in [0.2, 0.25) is 0 Å². The Morgan fingerprint density at radius 3 is 2.75 bits per heavy atom. The molecule has 2 aromatic heterocycles. The number of fused-ring (bicyclic) bond motifs is 5. The van der Waals surface area contributed by atoms with E-state index in [1.807, 2.05) is 24.3 Å². The number of pyridine rings is 1. The van der Waals surface area contributed by atoms with E-state index in [1.54, 1.807) is 13.2 Å². The van der Waals surface area contributed by atoms with Crippen LogP contribution < -0.4 is 16.2 Å². The first kappa shape index (κ1) is 23.0. The Morgan fingerprint density at radius 2 is 2.00 bits per heavy atom. The number of nitrogens with zero attached hydrogens (tertiary/aromatic N) is 2. The molecule has 3 fully saturated rings. The van der Waals surface area contributed by atoms with Crippen LogP contribution in [0.25, 0.3) is 33.3 Å². The summed E-state index contributed by atoms with van der Waals surface area (Å²) in [6, 6.07) is 11.1. The Morgan fingerprint density at radius 1 is 1.17 bits per heavy atom. The molecule has 0 unspecified atom stereocenters. The van der Waals surface area contributed by atoms with Gasteiger partial charge in [0.2, 0.25) is 0 Å². The first-order chi connectivity index (χ1) is 17.6. The van der Waals surface area contributed by atoms with Crippen LogP contribution in [0.5, 0.6) is 0 Å². The second kappa shape index (κ2) is 9.55. The molecule has 0 aliphatic carbocycles. The molecule has 0 radical (unpaired) electrons. The first-order valence-corrected chi connectivity index (χ1v) is 12.7. The predicted molar refractivity (Wildman–Crippen MR) is 141 cm³/mol. The molecule has 3 aliphatic rings. The molecular weight excluding hydrogens is 459 g/mol. The third-order valence-electron chi connectivity index (χ3n) is 7.55. The summed E-state index contributed by atoms with van der Waals surface area (Å²) in [7, 11) is 1.64. The van der Waals surface area contributed by atoms with E-state index >= 15 is 4.39 Å². The fourth-order valence-electron chi connectivity index (χ4n) is 5.65. The number of halogens is 1. The van der Waals surface area contributed by atoms with Crippen molar-refractivity contribution >= 4 is 33.3 Å². The van der Waals surface area contributed by atoms with Gasteiger partial charge in [-0.15, -0.1) is 0 Å². The number of H-pyrrole nitrogens is 2. The first-order valence-electron chi connectivity index (χ1n) is 12.7. The molecule has 7 rings (SSSR count). The van der Waals surface area contributed by atoms with Gasteiger partial charge < -0.3 is 30.2 Å². The smallest absolute Gasteiger partial charge is 0.261 e. The number of imidazole rings is 1. The number of hydrogen-bond donors (Lipinski definition) is 4. The van der Waals surface area contributed by atoms with Crippen LogP contribution in [0.4, 0.5) is 15.8 Å². The summed E-state index contributed by atoms with van der Waals surface area (Å²) in [4.78, 5) is 27.0. The molecular formula is C27H31FN6O2. The van der Waals surface area contributed by atoms with Crippen molar-refractivity contribution in [3.8, 4) is 11.4 Å². The molecule has 0 amide bonds. The van der Waals surface area contributed by atoms with Gasteiger partial charge in [0, 0.05) is 38.2 Å². The molecule has 188 valence electrons. The maximum Gasteiger partial charge on any atom is 0.261 e. The molecule has 36 heavy (non-hydrogen) atoms. The highest BCUT2D eigenvalue weighted by molar-refractivity contribution is 6.00. The number of methoxy groups -OCH3 is 1. The molecule has 0 saturated carbocycles. The largest absolute Gasteiger partial charge is 0.385 e. The van der Waals surface area contributed by atoms with E-state index in [1.165, 1.54) is 6.07 Å². The van der Waals surface area contributed by atoms with E-state index in [9.17, 15) is 4.79 Å². The number of ether oxygens (including phenoxy) is 1. The van der Waals surface area contributed by atoms with Gasteiger partial charge in [0.05, 0.1) is 27.9 Å². The van der Waals surface area contributed by atoms with Crippen LogP contribution >= 0.6 is 0 Å². The third-order valence-corrected chi connectivity index (χ3v) is 7.55. The fraction of sp³-hybridized carbons (Fsp3) is 0.407. The third kappa shape index (κ3) is 4.22. The van der Waals surface area contributed by atoms with Crippen LogP contribution in [0.3, 0.4) is 0 Å². The lowest BCUT2D eigenvalue weighted by atomic mass is 9.83. The number of piperidine rings is 3. The maximum atomic E-state index is 15.3. The molecule has 3 aliphatic heterocycles. The van der Waals surface area contributed by atoms with Gasteiger partial charge in [0.15, 0.2) is 0 Å². The topological polar surface area (TPSA) is 98.1 Å². The summed E-state index contributed by atoms with van der Waals surface area (Å²) < 4.78 is 20.4. The van der Waals surface area contributed by atoms with Gasteiger partial charge in [0.25, 0.3) is 5.56 Å². The number of anilines is 2. The second-order valence-corrected chi connectivity index (χ2v) is 9.85. The molecule has 0 spiro atoms. The average molecular weight is 491 g/mol. The highest BCUT2D eigenvalue weighted by Crippen LogP contribution is 2.37. The second-order valence-electron chi connectivity index (χ2n) is 9.85. The molecule has 5 heterocycles. The van der Waals surface area contributed by atoms with Gasteiger partial charge in [0.1, 0.15) is 17.2 Å². The molecule has 2 bridgehead atoms. The zero-order chi connectivity index (χ0) is 24.6. The van der Waals surface area contributed by atoms with Gasteiger partial charge in [-0.1, -0.05) is 12.1 Å². The van der Waals surface area contributed by atoms with Crippen molar-refractivity contribution < 1.29 is 9.13 Å². The zero-order valence-corrected chi connectivity index (χ0v) is 20.4. The Hall–Kier alpha value is -3.43. The van der Waals surface area contributed by atoms with E-state index in [4.69, 9.17) is 9.72 Å². The zero-order valence-electron chi connectivity index (χ0n) is 20.4. The summed E-state index contributed by atoms with van der Waals surface area (Å²) >= 11 is 0. The van der Waals surface area contributed by atoms with Crippen molar-refractivity contribution in [3.05, 3.63) is 52.6 Å². The average Bonchev–Trinajstić information content (AvgIpc) is 3.32. The predicted octanol–water partition coefficient (Wildman–Crippen LogP) is 4.17. The van der Waals surface area contributed by atoms with Crippen LogP contribution in [-0.4, -0.2) is 65.8 Å². The Balaban J connectivity index is 1.47. The van der Waals surface area contributed by atoms with Crippen molar-refractivity contribution in [1.29, 1.82) is 0 Å². The van der Waals surface area contributed by atoms with Crippen molar-refractivity contribution in [2.45, 2.75) is 25.3 Å². The van der Waals surface area contributed by atoms with Crippen molar-refractivity contribution in [3.63, 3.8) is 0 Å².